The van der Waals surface area contributed by atoms with Gasteiger partial charge in [-0.2, -0.15) is 0 Å². The molecule has 4 rings (SSSR count). The summed E-state index contributed by atoms with van der Waals surface area (Å²) in [5, 5.41) is 0. The zero-order chi connectivity index (χ0) is 22.7. The molecule has 0 amide bonds. The second kappa shape index (κ2) is 9.37. The third kappa shape index (κ3) is 5.33. The molecule has 0 radical (unpaired) electrons. The van der Waals surface area contributed by atoms with E-state index in [4.69, 9.17) is 9.97 Å². The smallest absolute Gasteiger partial charge is 0.159 e. The summed E-state index contributed by atoms with van der Waals surface area (Å²) in [6, 6.07) is 12.6. The monoisotopic (exact) mass is 429 g/mol. The van der Waals surface area contributed by atoms with Crippen molar-refractivity contribution in [3.8, 4) is 22.5 Å². The van der Waals surface area contributed by atoms with Gasteiger partial charge in [-0.15, -0.1) is 0 Å². The predicted octanol–water partition coefficient (Wildman–Crippen LogP) is 5.50. The van der Waals surface area contributed by atoms with Crippen LogP contribution < -0.4 is 4.90 Å². The normalized spacial score (nSPS) is 15.7. The average Bonchev–Trinajstić information content (AvgIpc) is 2.79. The van der Waals surface area contributed by atoms with Crippen LogP contribution >= 0.6 is 0 Å². The molecule has 1 fully saturated rings. The van der Waals surface area contributed by atoms with Crippen molar-refractivity contribution < 1.29 is 0 Å². The van der Waals surface area contributed by atoms with Gasteiger partial charge in [-0.1, -0.05) is 32.9 Å². The summed E-state index contributed by atoms with van der Waals surface area (Å²) in [4.78, 5) is 18.8. The molecule has 3 heterocycles. The van der Waals surface area contributed by atoms with Crippen LogP contribution in [-0.4, -0.2) is 53.6 Å². The van der Waals surface area contributed by atoms with E-state index in [1.54, 1.807) is 12.4 Å². The molecule has 1 aliphatic heterocycles. The number of rotatable bonds is 5. The molecule has 3 aromatic rings. The predicted molar refractivity (Wildman–Crippen MR) is 133 cm³/mol. The van der Waals surface area contributed by atoms with E-state index in [0.717, 1.165) is 49.4 Å². The number of benzene rings is 1. The minimum absolute atomic E-state index is 0.327. The van der Waals surface area contributed by atoms with Gasteiger partial charge in [-0.3, -0.25) is 4.98 Å². The van der Waals surface area contributed by atoms with E-state index >= 15 is 0 Å². The van der Waals surface area contributed by atoms with Crippen molar-refractivity contribution >= 4 is 5.69 Å². The van der Waals surface area contributed by atoms with E-state index < -0.39 is 0 Å². The Morgan fingerprint density at radius 1 is 1.00 bits per heavy atom. The van der Waals surface area contributed by atoms with E-state index in [-0.39, 0.29) is 0 Å². The van der Waals surface area contributed by atoms with E-state index in [1.807, 2.05) is 18.3 Å². The minimum atomic E-state index is 0.327. The van der Waals surface area contributed by atoms with Gasteiger partial charge in [0, 0.05) is 62.0 Å². The van der Waals surface area contributed by atoms with Gasteiger partial charge in [0.2, 0.25) is 0 Å². The Morgan fingerprint density at radius 3 is 2.38 bits per heavy atom. The van der Waals surface area contributed by atoms with Crippen LogP contribution in [0.25, 0.3) is 22.5 Å². The van der Waals surface area contributed by atoms with Crippen LogP contribution in [0.3, 0.4) is 0 Å². The summed E-state index contributed by atoms with van der Waals surface area (Å²) < 4.78 is 0. The van der Waals surface area contributed by atoms with Crippen LogP contribution in [0.4, 0.5) is 5.69 Å². The maximum absolute atomic E-state index is 5.15. The third-order valence-electron chi connectivity index (χ3n) is 6.10. The summed E-state index contributed by atoms with van der Waals surface area (Å²) in [6.07, 6.45) is 7.89. The van der Waals surface area contributed by atoms with Gasteiger partial charge in [0.25, 0.3) is 0 Å². The number of likely N-dealkylation sites (tertiary alicyclic amines) is 1. The van der Waals surface area contributed by atoms with Crippen LogP contribution in [0, 0.1) is 5.41 Å². The third-order valence-corrected chi connectivity index (χ3v) is 6.10. The van der Waals surface area contributed by atoms with Crippen molar-refractivity contribution in [2.75, 3.05) is 38.6 Å². The van der Waals surface area contributed by atoms with Crippen LogP contribution in [0.1, 0.15) is 45.2 Å². The SMILES string of the molecule is CN(C)c1cccc(-c2cnc(-c3ccncc3)nc2C2CCN(CC(C)(C)C)CC2)c1. The van der Waals surface area contributed by atoms with Crippen LogP contribution in [0.2, 0.25) is 0 Å². The van der Waals surface area contributed by atoms with E-state index in [1.165, 1.54) is 16.9 Å². The Hall–Kier alpha value is -2.79. The molecule has 1 aliphatic rings. The highest BCUT2D eigenvalue weighted by Crippen LogP contribution is 2.36. The molecular weight excluding hydrogens is 394 g/mol. The van der Waals surface area contributed by atoms with Gasteiger partial charge >= 0.3 is 0 Å². The Kier molecular flexibility index (Phi) is 6.56. The fourth-order valence-electron chi connectivity index (χ4n) is 4.56. The molecule has 1 saturated heterocycles. The lowest BCUT2D eigenvalue weighted by atomic mass is 9.87. The van der Waals surface area contributed by atoms with Crippen LogP contribution in [0.15, 0.2) is 55.0 Å². The topological polar surface area (TPSA) is 45.2 Å². The summed E-state index contributed by atoms with van der Waals surface area (Å²) in [6.45, 7) is 10.3. The first kappa shape index (κ1) is 22.4. The van der Waals surface area contributed by atoms with Gasteiger partial charge in [0.15, 0.2) is 5.82 Å². The second-order valence-electron chi connectivity index (χ2n) is 10.3. The summed E-state index contributed by atoms with van der Waals surface area (Å²) in [5.74, 6) is 1.22. The Balaban J connectivity index is 1.69. The Labute approximate surface area is 192 Å². The first-order chi connectivity index (χ1) is 15.3. The van der Waals surface area contributed by atoms with E-state index in [2.05, 4.69) is 73.9 Å². The largest absolute Gasteiger partial charge is 0.378 e. The molecular formula is C27H35N5. The van der Waals surface area contributed by atoms with E-state index in [9.17, 15) is 0 Å². The van der Waals surface area contributed by atoms with Crippen molar-refractivity contribution in [2.45, 2.75) is 39.5 Å². The van der Waals surface area contributed by atoms with Crippen molar-refractivity contribution in [3.63, 3.8) is 0 Å². The van der Waals surface area contributed by atoms with Crippen LogP contribution in [-0.2, 0) is 0 Å². The number of piperidine rings is 1. The highest BCUT2D eigenvalue weighted by Gasteiger charge is 2.27. The van der Waals surface area contributed by atoms with Crippen molar-refractivity contribution in [3.05, 3.63) is 60.7 Å². The molecule has 0 spiro atoms. The average molecular weight is 430 g/mol. The molecule has 0 bridgehead atoms. The molecule has 1 aromatic carbocycles. The molecule has 0 saturated carbocycles. The quantitative estimate of drug-likeness (QED) is 0.536. The van der Waals surface area contributed by atoms with Crippen LogP contribution in [0.5, 0.6) is 0 Å². The number of nitrogens with zero attached hydrogens (tertiary/aromatic N) is 5. The molecule has 0 unspecified atom stereocenters. The first-order valence-corrected chi connectivity index (χ1v) is 11.6. The van der Waals surface area contributed by atoms with Crippen molar-refractivity contribution in [1.29, 1.82) is 0 Å². The van der Waals surface area contributed by atoms with Crippen molar-refractivity contribution in [2.24, 2.45) is 5.41 Å². The summed E-state index contributed by atoms with van der Waals surface area (Å²) in [5.41, 5.74) is 6.05. The highest BCUT2D eigenvalue weighted by atomic mass is 15.1. The second-order valence-corrected chi connectivity index (χ2v) is 10.3. The van der Waals surface area contributed by atoms with Crippen molar-refractivity contribution in [1.82, 2.24) is 19.9 Å². The Morgan fingerprint density at radius 2 is 1.72 bits per heavy atom. The molecule has 168 valence electrons. The maximum Gasteiger partial charge on any atom is 0.159 e. The lowest BCUT2D eigenvalue weighted by Crippen LogP contribution is -2.38. The van der Waals surface area contributed by atoms with Gasteiger partial charge in [-0.25, -0.2) is 9.97 Å². The molecule has 5 nitrogen and oxygen atoms in total. The summed E-state index contributed by atoms with van der Waals surface area (Å²) >= 11 is 0. The number of anilines is 1. The zero-order valence-electron chi connectivity index (χ0n) is 20.0. The fraction of sp³-hybridized carbons (Fsp3) is 0.444. The lowest BCUT2D eigenvalue weighted by Gasteiger charge is -2.36. The fourth-order valence-corrected chi connectivity index (χ4v) is 4.56. The highest BCUT2D eigenvalue weighted by molar-refractivity contribution is 5.71. The number of pyridine rings is 1. The number of hydrogen-bond donors (Lipinski definition) is 0. The maximum atomic E-state index is 5.15. The van der Waals surface area contributed by atoms with Gasteiger partial charge in [0.05, 0.1) is 5.69 Å². The zero-order valence-corrected chi connectivity index (χ0v) is 20.0. The number of hydrogen-bond acceptors (Lipinski definition) is 5. The summed E-state index contributed by atoms with van der Waals surface area (Å²) in [7, 11) is 4.15. The molecule has 32 heavy (non-hydrogen) atoms. The van der Waals surface area contributed by atoms with Gasteiger partial charge < -0.3 is 9.80 Å². The number of aromatic nitrogens is 3. The van der Waals surface area contributed by atoms with Gasteiger partial charge in [0.1, 0.15) is 0 Å². The van der Waals surface area contributed by atoms with E-state index in [0.29, 0.717) is 11.3 Å². The molecule has 2 aromatic heterocycles. The first-order valence-electron chi connectivity index (χ1n) is 11.6. The molecule has 0 aliphatic carbocycles. The standard InChI is InChI=1S/C27H35N5/c1-27(2,3)19-32-15-11-20(12-16-32)25-24(22-7-6-8-23(17-22)31(4)5)18-29-26(30-25)21-9-13-28-14-10-21/h6-10,13-14,17-18,20H,11-12,15-16,19H2,1-5H3. The molecule has 0 N–H and O–H groups in total. The lowest BCUT2D eigenvalue weighted by molar-refractivity contribution is 0.153. The minimum Gasteiger partial charge on any atom is -0.378 e. The molecule has 5 heteroatoms. The molecule has 0 atom stereocenters. The Bertz CT molecular complexity index is 1030. The van der Waals surface area contributed by atoms with Gasteiger partial charge in [-0.05, 0) is 61.2 Å².